The third-order valence-electron chi connectivity index (χ3n) is 2.29. The molecule has 4 nitrogen and oxygen atoms in total. The standard InChI is InChI=1S/C11H21N3O/c1-4-6-10(13)11(15)14(9(2)3)8-5-7-12/h9-10H,4-6,8,13H2,1-3H3/t10-/m1/s1. The topological polar surface area (TPSA) is 70.1 Å². The fourth-order valence-corrected chi connectivity index (χ4v) is 1.44. The van der Waals surface area contributed by atoms with Gasteiger partial charge in [-0.25, -0.2) is 0 Å². The average molecular weight is 211 g/mol. The Balaban J connectivity index is 4.35. The summed E-state index contributed by atoms with van der Waals surface area (Å²) in [6, 6.07) is 1.73. The van der Waals surface area contributed by atoms with E-state index in [2.05, 4.69) is 0 Å². The molecule has 0 aromatic heterocycles. The maximum absolute atomic E-state index is 11.9. The average Bonchev–Trinajstić information content (AvgIpc) is 2.18. The van der Waals surface area contributed by atoms with Crippen LogP contribution in [0.15, 0.2) is 0 Å². The van der Waals surface area contributed by atoms with E-state index in [1.54, 1.807) is 4.90 Å². The summed E-state index contributed by atoms with van der Waals surface area (Å²) in [5.74, 6) is -0.0397. The van der Waals surface area contributed by atoms with E-state index in [9.17, 15) is 4.79 Å². The minimum Gasteiger partial charge on any atom is -0.338 e. The van der Waals surface area contributed by atoms with Gasteiger partial charge in [-0.3, -0.25) is 4.79 Å². The summed E-state index contributed by atoms with van der Waals surface area (Å²) in [4.78, 5) is 13.6. The Kier molecular flexibility index (Phi) is 6.72. The zero-order chi connectivity index (χ0) is 11.8. The van der Waals surface area contributed by atoms with Crippen LogP contribution in [0, 0.1) is 11.3 Å². The summed E-state index contributed by atoms with van der Waals surface area (Å²) < 4.78 is 0. The van der Waals surface area contributed by atoms with Gasteiger partial charge in [0.2, 0.25) is 5.91 Å². The minimum atomic E-state index is -0.420. The van der Waals surface area contributed by atoms with Crippen molar-refractivity contribution in [2.75, 3.05) is 6.54 Å². The first kappa shape index (κ1) is 13.9. The number of hydrogen-bond donors (Lipinski definition) is 1. The van der Waals surface area contributed by atoms with Gasteiger partial charge in [0.05, 0.1) is 18.5 Å². The predicted octanol–water partition coefficient (Wildman–Crippen LogP) is 1.26. The molecular weight excluding hydrogens is 190 g/mol. The SMILES string of the molecule is CCC[C@@H](N)C(=O)N(CCC#N)C(C)C. The van der Waals surface area contributed by atoms with Gasteiger partial charge in [-0.05, 0) is 20.3 Å². The van der Waals surface area contributed by atoms with E-state index in [1.165, 1.54) is 0 Å². The largest absolute Gasteiger partial charge is 0.338 e. The predicted molar refractivity (Wildman–Crippen MR) is 60.0 cm³/mol. The van der Waals surface area contributed by atoms with E-state index in [1.807, 2.05) is 26.8 Å². The van der Waals surface area contributed by atoms with Crippen molar-refractivity contribution in [3.8, 4) is 6.07 Å². The minimum absolute atomic E-state index is 0.0397. The molecule has 0 radical (unpaired) electrons. The molecule has 1 atom stereocenters. The molecule has 2 N–H and O–H groups in total. The van der Waals surface area contributed by atoms with Crippen LogP contribution in [0.1, 0.15) is 40.0 Å². The van der Waals surface area contributed by atoms with Crippen LogP contribution in [0.5, 0.6) is 0 Å². The van der Waals surface area contributed by atoms with Crippen molar-refractivity contribution in [3.05, 3.63) is 0 Å². The van der Waals surface area contributed by atoms with Crippen LogP contribution in [0.4, 0.5) is 0 Å². The summed E-state index contributed by atoms with van der Waals surface area (Å²) in [5.41, 5.74) is 5.76. The van der Waals surface area contributed by atoms with Gasteiger partial charge in [0.15, 0.2) is 0 Å². The second kappa shape index (κ2) is 7.24. The summed E-state index contributed by atoms with van der Waals surface area (Å²) in [6.45, 7) is 6.36. The van der Waals surface area contributed by atoms with Crippen LogP contribution in [0.3, 0.4) is 0 Å². The van der Waals surface area contributed by atoms with Crippen molar-refractivity contribution in [2.24, 2.45) is 5.73 Å². The van der Waals surface area contributed by atoms with Gasteiger partial charge in [0.25, 0.3) is 0 Å². The van der Waals surface area contributed by atoms with Crippen molar-refractivity contribution >= 4 is 5.91 Å². The summed E-state index contributed by atoms with van der Waals surface area (Å²) >= 11 is 0. The molecule has 0 aromatic rings. The first-order valence-corrected chi connectivity index (χ1v) is 5.47. The molecule has 0 aliphatic heterocycles. The molecule has 0 spiro atoms. The lowest BCUT2D eigenvalue weighted by atomic mass is 10.1. The van der Waals surface area contributed by atoms with Gasteiger partial charge in [0, 0.05) is 12.6 Å². The van der Waals surface area contributed by atoms with Crippen LogP contribution in [-0.4, -0.2) is 29.4 Å². The quantitative estimate of drug-likeness (QED) is 0.719. The molecule has 15 heavy (non-hydrogen) atoms. The molecule has 0 saturated carbocycles. The zero-order valence-electron chi connectivity index (χ0n) is 9.86. The molecule has 0 heterocycles. The Morgan fingerprint density at radius 2 is 2.13 bits per heavy atom. The van der Waals surface area contributed by atoms with Gasteiger partial charge in [-0.1, -0.05) is 13.3 Å². The van der Waals surface area contributed by atoms with E-state index in [-0.39, 0.29) is 11.9 Å². The number of nitrogens with zero attached hydrogens (tertiary/aromatic N) is 2. The molecule has 0 fully saturated rings. The summed E-state index contributed by atoms with van der Waals surface area (Å²) in [5, 5.41) is 8.50. The van der Waals surface area contributed by atoms with Crippen LogP contribution in [-0.2, 0) is 4.79 Å². The first-order chi connectivity index (χ1) is 7.04. The molecular formula is C11H21N3O. The van der Waals surface area contributed by atoms with Gasteiger partial charge >= 0.3 is 0 Å². The van der Waals surface area contributed by atoms with Gasteiger partial charge in [0.1, 0.15) is 0 Å². The number of amides is 1. The smallest absolute Gasteiger partial charge is 0.239 e. The highest BCUT2D eigenvalue weighted by Crippen LogP contribution is 2.05. The van der Waals surface area contributed by atoms with Crippen LogP contribution in [0.25, 0.3) is 0 Å². The van der Waals surface area contributed by atoms with E-state index in [0.717, 1.165) is 6.42 Å². The Morgan fingerprint density at radius 1 is 1.53 bits per heavy atom. The molecule has 0 bridgehead atoms. The second-order valence-corrected chi connectivity index (χ2v) is 3.93. The number of hydrogen-bond acceptors (Lipinski definition) is 3. The normalized spacial score (nSPS) is 12.3. The Labute approximate surface area is 92.0 Å². The lowest BCUT2D eigenvalue weighted by Gasteiger charge is -2.28. The zero-order valence-corrected chi connectivity index (χ0v) is 9.86. The number of carbonyl (C=O) groups excluding carboxylic acids is 1. The highest BCUT2D eigenvalue weighted by atomic mass is 16.2. The fourth-order valence-electron chi connectivity index (χ4n) is 1.44. The molecule has 86 valence electrons. The third kappa shape index (κ3) is 4.80. The molecule has 1 amide bonds. The van der Waals surface area contributed by atoms with Crippen molar-refractivity contribution in [2.45, 2.75) is 52.1 Å². The molecule has 0 rings (SSSR count). The Hall–Kier alpha value is -1.08. The van der Waals surface area contributed by atoms with Crippen LogP contribution < -0.4 is 5.73 Å². The molecule has 0 unspecified atom stereocenters. The fraction of sp³-hybridized carbons (Fsp3) is 0.818. The number of nitriles is 1. The lowest BCUT2D eigenvalue weighted by molar-refractivity contribution is -0.134. The highest BCUT2D eigenvalue weighted by Gasteiger charge is 2.21. The third-order valence-corrected chi connectivity index (χ3v) is 2.29. The molecule has 0 aliphatic rings. The summed E-state index contributed by atoms with van der Waals surface area (Å²) in [6.07, 6.45) is 1.97. The van der Waals surface area contributed by atoms with Crippen LogP contribution >= 0.6 is 0 Å². The van der Waals surface area contributed by atoms with E-state index < -0.39 is 6.04 Å². The van der Waals surface area contributed by atoms with Gasteiger partial charge in [-0.2, -0.15) is 5.26 Å². The second-order valence-electron chi connectivity index (χ2n) is 3.93. The first-order valence-electron chi connectivity index (χ1n) is 5.47. The van der Waals surface area contributed by atoms with Gasteiger partial charge < -0.3 is 10.6 Å². The summed E-state index contributed by atoms with van der Waals surface area (Å²) in [7, 11) is 0. The van der Waals surface area contributed by atoms with E-state index in [0.29, 0.717) is 19.4 Å². The maximum Gasteiger partial charge on any atom is 0.239 e. The maximum atomic E-state index is 11.9. The number of nitrogens with two attached hydrogens (primary N) is 1. The van der Waals surface area contributed by atoms with Crippen molar-refractivity contribution in [1.82, 2.24) is 4.90 Å². The monoisotopic (exact) mass is 211 g/mol. The highest BCUT2D eigenvalue weighted by molar-refractivity contribution is 5.81. The molecule has 0 aromatic carbocycles. The molecule has 0 saturated heterocycles. The van der Waals surface area contributed by atoms with Gasteiger partial charge in [-0.15, -0.1) is 0 Å². The van der Waals surface area contributed by atoms with Crippen molar-refractivity contribution in [1.29, 1.82) is 5.26 Å². The van der Waals surface area contributed by atoms with Crippen LogP contribution in [0.2, 0.25) is 0 Å². The number of rotatable bonds is 6. The Bertz CT molecular complexity index is 232. The molecule has 0 aliphatic carbocycles. The Morgan fingerprint density at radius 3 is 2.53 bits per heavy atom. The molecule has 4 heteroatoms. The van der Waals surface area contributed by atoms with E-state index >= 15 is 0 Å². The van der Waals surface area contributed by atoms with Crippen molar-refractivity contribution < 1.29 is 4.79 Å². The van der Waals surface area contributed by atoms with E-state index in [4.69, 9.17) is 11.0 Å². The lowest BCUT2D eigenvalue weighted by Crippen LogP contribution is -2.47. The number of carbonyl (C=O) groups is 1. The van der Waals surface area contributed by atoms with Crippen molar-refractivity contribution in [3.63, 3.8) is 0 Å².